The van der Waals surface area contributed by atoms with Gasteiger partial charge in [-0.1, -0.05) is 24.3 Å². The zero-order valence-corrected chi connectivity index (χ0v) is 8.72. The van der Waals surface area contributed by atoms with E-state index in [1.165, 1.54) is 5.56 Å². The number of hydrogen-bond donors (Lipinski definition) is 1. The number of phenolic OH excluding ortho intramolecular Hbond substituents is 1. The fourth-order valence-corrected chi connectivity index (χ4v) is 1.93. The minimum atomic E-state index is 0.294. The van der Waals surface area contributed by atoms with Crippen LogP contribution in [0, 0.1) is 0 Å². The highest BCUT2D eigenvalue weighted by atomic mass is 16.3. The Kier molecular flexibility index (Phi) is 2.00. The first-order chi connectivity index (χ1) is 7.83. The van der Waals surface area contributed by atoms with Crippen LogP contribution in [0.3, 0.4) is 0 Å². The third kappa shape index (κ3) is 1.48. The summed E-state index contributed by atoms with van der Waals surface area (Å²) >= 11 is 0. The van der Waals surface area contributed by atoms with Crippen molar-refractivity contribution in [1.82, 2.24) is 0 Å². The fraction of sp³-hybridized carbons (Fsp3) is 0.0714. The SMILES string of the molecule is Oc1ccc(-c2ccc3c(c2)N=CC3)cc1. The van der Waals surface area contributed by atoms with Gasteiger partial charge < -0.3 is 5.11 Å². The van der Waals surface area contributed by atoms with E-state index in [-0.39, 0.29) is 0 Å². The van der Waals surface area contributed by atoms with Gasteiger partial charge in [-0.25, -0.2) is 0 Å². The van der Waals surface area contributed by atoms with Crippen LogP contribution in [-0.4, -0.2) is 11.3 Å². The van der Waals surface area contributed by atoms with E-state index >= 15 is 0 Å². The minimum absolute atomic E-state index is 0.294. The van der Waals surface area contributed by atoms with Gasteiger partial charge in [-0.05, 0) is 34.9 Å². The highest BCUT2D eigenvalue weighted by Crippen LogP contribution is 2.30. The summed E-state index contributed by atoms with van der Waals surface area (Å²) in [6.45, 7) is 0. The number of phenols is 1. The Morgan fingerprint density at radius 2 is 1.69 bits per heavy atom. The van der Waals surface area contributed by atoms with Gasteiger partial charge in [-0.2, -0.15) is 0 Å². The maximum atomic E-state index is 9.23. The highest BCUT2D eigenvalue weighted by molar-refractivity contribution is 5.79. The van der Waals surface area contributed by atoms with Gasteiger partial charge in [0.15, 0.2) is 0 Å². The topological polar surface area (TPSA) is 32.6 Å². The standard InChI is InChI=1S/C14H11NO/c16-13-5-3-10(4-6-13)12-2-1-11-7-8-15-14(11)9-12/h1-6,8-9,16H,7H2. The maximum Gasteiger partial charge on any atom is 0.115 e. The van der Waals surface area contributed by atoms with E-state index < -0.39 is 0 Å². The van der Waals surface area contributed by atoms with Gasteiger partial charge >= 0.3 is 0 Å². The highest BCUT2D eigenvalue weighted by Gasteiger charge is 2.07. The number of aliphatic imine (C=N–C) groups is 1. The summed E-state index contributed by atoms with van der Waals surface area (Å²) in [7, 11) is 0. The van der Waals surface area contributed by atoms with Gasteiger partial charge in [0.05, 0.1) is 5.69 Å². The molecule has 2 aromatic rings. The number of fused-ring (bicyclic) bond motifs is 1. The number of aromatic hydroxyl groups is 1. The third-order valence-electron chi connectivity index (χ3n) is 2.83. The molecule has 2 aromatic carbocycles. The molecule has 0 atom stereocenters. The molecule has 0 spiro atoms. The number of hydrogen-bond acceptors (Lipinski definition) is 2. The molecule has 0 radical (unpaired) electrons. The van der Waals surface area contributed by atoms with Gasteiger partial charge in [0.2, 0.25) is 0 Å². The molecule has 0 saturated carbocycles. The molecule has 1 N–H and O–H groups in total. The summed E-state index contributed by atoms with van der Waals surface area (Å²) in [6.07, 6.45) is 2.87. The monoisotopic (exact) mass is 209 g/mol. The van der Waals surface area contributed by atoms with E-state index in [0.717, 1.165) is 23.2 Å². The molecule has 0 unspecified atom stereocenters. The normalized spacial score (nSPS) is 12.8. The summed E-state index contributed by atoms with van der Waals surface area (Å²) in [5, 5.41) is 9.23. The van der Waals surface area contributed by atoms with Crippen LogP contribution in [0.5, 0.6) is 5.75 Å². The van der Waals surface area contributed by atoms with Crippen LogP contribution in [0.4, 0.5) is 5.69 Å². The molecule has 16 heavy (non-hydrogen) atoms. The average molecular weight is 209 g/mol. The van der Waals surface area contributed by atoms with Crippen LogP contribution in [0.25, 0.3) is 11.1 Å². The lowest BCUT2D eigenvalue weighted by Gasteiger charge is -2.04. The van der Waals surface area contributed by atoms with Gasteiger partial charge in [-0.3, -0.25) is 4.99 Å². The lowest BCUT2D eigenvalue weighted by molar-refractivity contribution is 0.475. The van der Waals surface area contributed by atoms with Crippen molar-refractivity contribution < 1.29 is 5.11 Å². The molecule has 0 saturated heterocycles. The number of benzene rings is 2. The molecule has 1 aliphatic heterocycles. The second-order valence-corrected chi connectivity index (χ2v) is 3.91. The Hall–Kier alpha value is -2.09. The van der Waals surface area contributed by atoms with Gasteiger partial charge in [0.1, 0.15) is 5.75 Å². The van der Waals surface area contributed by atoms with E-state index in [2.05, 4.69) is 23.2 Å². The Bertz CT molecular complexity index is 555. The second-order valence-electron chi connectivity index (χ2n) is 3.91. The summed E-state index contributed by atoms with van der Waals surface area (Å²) in [6, 6.07) is 13.5. The zero-order chi connectivity index (χ0) is 11.0. The predicted molar refractivity (Wildman–Crippen MR) is 65.4 cm³/mol. The van der Waals surface area contributed by atoms with Crippen LogP contribution in [0.2, 0.25) is 0 Å². The van der Waals surface area contributed by atoms with Crippen molar-refractivity contribution in [2.24, 2.45) is 4.99 Å². The smallest absolute Gasteiger partial charge is 0.115 e. The van der Waals surface area contributed by atoms with Crippen molar-refractivity contribution >= 4 is 11.9 Å². The molecule has 0 aromatic heterocycles. The first-order valence-electron chi connectivity index (χ1n) is 5.28. The molecule has 1 aliphatic rings. The van der Waals surface area contributed by atoms with E-state index in [4.69, 9.17) is 0 Å². The van der Waals surface area contributed by atoms with E-state index in [0.29, 0.717) is 5.75 Å². The molecule has 2 nitrogen and oxygen atoms in total. The van der Waals surface area contributed by atoms with Crippen LogP contribution < -0.4 is 0 Å². The Morgan fingerprint density at radius 3 is 2.50 bits per heavy atom. The molecular weight excluding hydrogens is 198 g/mol. The zero-order valence-electron chi connectivity index (χ0n) is 8.72. The molecule has 78 valence electrons. The van der Waals surface area contributed by atoms with Crippen LogP contribution in [0.15, 0.2) is 47.5 Å². The second kappa shape index (κ2) is 3.49. The lowest BCUT2D eigenvalue weighted by Crippen LogP contribution is -1.81. The maximum absolute atomic E-state index is 9.23. The largest absolute Gasteiger partial charge is 0.508 e. The van der Waals surface area contributed by atoms with Crippen molar-refractivity contribution in [3.05, 3.63) is 48.0 Å². The molecule has 1 heterocycles. The van der Waals surface area contributed by atoms with E-state index in [1.54, 1.807) is 12.1 Å². The minimum Gasteiger partial charge on any atom is -0.508 e. The number of nitrogens with zero attached hydrogens (tertiary/aromatic N) is 1. The van der Waals surface area contributed by atoms with Crippen LogP contribution in [0.1, 0.15) is 5.56 Å². The first-order valence-corrected chi connectivity index (χ1v) is 5.28. The Morgan fingerprint density at radius 1 is 0.938 bits per heavy atom. The molecule has 0 amide bonds. The van der Waals surface area contributed by atoms with Gasteiger partial charge in [0, 0.05) is 12.6 Å². The van der Waals surface area contributed by atoms with Crippen molar-refractivity contribution in [1.29, 1.82) is 0 Å². The third-order valence-corrected chi connectivity index (χ3v) is 2.83. The van der Waals surface area contributed by atoms with Crippen LogP contribution >= 0.6 is 0 Å². The Labute approximate surface area is 93.9 Å². The Balaban J connectivity index is 2.07. The molecule has 0 bridgehead atoms. The predicted octanol–water partition coefficient (Wildman–Crippen LogP) is 3.32. The molecular formula is C14H11NO. The molecule has 0 aliphatic carbocycles. The summed E-state index contributed by atoms with van der Waals surface area (Å²) in [5.41, 5.74) is 4.58. The van der Waals surface area contributed by atoms with Crippen molar-refractivity contribution in [2.45, 2.75) is 6.42 Å². The van der Waals surface area contributed by atoms with Crippen molar-refractivity contribution in [2.75, 3.05) is 0 Å². The molecule has 2 heteroatoms. The number of rotatable bonds is 1. The van der Waals surface area contributed by atoms with Crippen molar-refractivity contribution in [3.8, 4) is 16.9 Å². The van der Waals surface area contributed by atoms with Gasteiger partial charge in [0.25, 0.3) is 0 Å². The van der Waals surface area contributed by atoms with Crippen molar-refractivity contribution in [3.63, 3.8) is 0 Å². The summed E-state index contributed by atoms with van der Waals surface area (Å²) in [4.78, 5) is 4.33. The van der Waals surface area contributed by atoms with Gasteiger partial charge in [-0.15, -0.1) is 0 Å². The lowest BCUT2D eigenvalue weighted by atomic mass is 10.0. The van der Waals surface area contributed by atoms with Crippen LogP contribution in [-0.2, 0) is 6.42 Å². The first kappa shape index (κ1) is 9.16. The average Bonchev–Trinajstić information content (AvgIpc) is 2.77. The molecule has 0 fully saturated rings. The summed E-state index contributed by atoms with van der Waals surface area (Å²) in [5.74, 6) is 0.294. The van der Waals surface area contributed by atoms with E-state index in [9.17, 15) is 5.11 Å². The quantitative estimate of drug-likeness (QED) is 0.767. The van der Waals surface area contributed by atoms with E-state index in [1.807, 2.05) is 18.3 Å². The fourth-order valence-electron chi connectivity index (χ4n) is 1.93. The summed E-state index contributed by atoms with van der Waals surface area (Å²) < 4.78 is 0. The molecule has 3 rings (SSSR count).